The first-order chi connectivity index (χ1) is 8.61. The molecule has 0 aliphatic rings. The molecular weight excluding hydrogens is 236 g/mol. The molecule has 7 nitrogen and oxygen atoms in total. The molecule has 1 aromatic rings. The summed E-state index contributed by atoms with van der Waals surface area (Å²) in [6.45, 7) is -0.586. The van der Waals surface area contributed by atoms with E-state index >= 15 is 0 Å². The van der Waals surface area contributed by atoms with Gasteiger partial charge >= 0.3 is 0 Å². The van der Waals surface area contributed by atoms with Gasteiger partial charge in [-0.2, -0.15) is 10.5 Å². The lowest BCUT2D eigenvalue weighted by Gasteiger charge is -2.15. The molecular formula is C11H8N4O3. The molecule has 0 spiro atoms. The molecule has 0 aliphatic carbocycles. The molecule has 0 heterocycles. The Labute approximate surface area is 103 Å². The van der Waals surface area contributed by atoms with E-state index in [0.29, 0.717) is 0 Å². The van der Waals surface area contributed by atoms with Gasteiger partial charge < -0.3 is 4.90 Å². The van der Waals surface area contributed by atoms with Crippen molar-refractivity contribution in [3.05, 3.63) is 39.9 Å². The first-order valence-corrected chi connectivity index (χ1v) is 4.88. The van der Waals surface area contributed by atoms with Gasteiger partial charge in [0.05, 0.1) is 17.1 Å². The van der Waals surface area contributed by atoms with Crippen LogP contribution in [0.1, 0.15) is 10.4 Å². The third kappa shape index (κ3) is 2.80. The van der Waals surface area contributed by atoms with E-state index in [-0.39, 0.29) is 24.3 Å². The van der Waals surface area contributed by atoms with Gasteiger partial charge in [-0.05, 0) is 6.07 Å². The van der Waals surface area contributed by atoms with E-state index in [1.165, 1.54) is 24.3 Å². The van der Waals surface area contributed by atoms with Crippen molar-refractivity contribution in [2.24, 2.45) is 0 Å². The molecule has 1 rings (SSSR count). The summed E-state index contributed by atoms with van der Waals surface area (Å²) in [5.41, 5.74) is -0.476. The molecule has 18 heavy (non-hydrogen) atoms. The summed E-state index contributed by atoms with van der Waals surface area (Å²) in [6.07, 6.45) is 0. The van der Waals surface area contributed by atoms with E-state index in [0.717, 1.165) is 4.90 Å². The lowest BCUT2D eigenvalue weighted by Crippen LogP contribution is -2.32. The van der Waals surface area contributed by atoms with E-state index in [9.17, 15) is 14.9 Å². The highest BCUT2D eigenvalue weighted by molar-refractivity contribution is 5.98. The van der Waals surface area contributed by atoms with Crippen molar-refractivity contribution >= 4 is 11.6 Å². The Morgan fingerprint density at radius 1 is 1.28 bits per heavy atom. The molecule has 0 saturated carbocycles. The minimum Gasteiger partial charge on any atom is -0.312 e. The second-order valence-corrected chi connectivity index (χ2v) is 3.25. The second-order valence-electron chi connectivity index (χ2n) is 3.25. The SMILES string of the molecule is N#CCN(CC#N)C(=O)c1ccccc1[N+](=O)[O-]. The summed E-state index contributed by atoms with van der Waals surface area (Å²) < 4.78 is 0. The third-order valence-corrected chi connectivity index (χ3v) is 2.14. The molecule has 0 radical (unpaired) electrons. The van der Waals surface area contributed by atoms with E-state index in [1.54, 1.807) is 12.1 Å². The van der Waals surface area contributed by atoms with Gasteiger partial charge in [0.15, 0.2) is 0 Å². The highest BCUT2D eigenvalue weighted by Gasteiger charge is 2.23. The molecule has 90 valence electrons. The fourth-order valence-corrected chi connectivity index (χ4v) is 1.35. The Morgan fingerprint density at radius 2 is 1.83 bits per heavy atom. The van der Waals surface area contributed by atoms with Crippen LogP contribution in [-0.2, 0) is 0 Å². The lowest BCUT2D eigenvalue weighted by atomic mass is 10.1. The van der Waals surface area contributed by atoms with Crippen molar-refractivity contribution in [1.29, 1.82) is 10.5 Å². The fourth-order valence-electron chi connectivity index (χ4n) is 1.35. The van der Waals surface area contributed by atoms with Gasteiger partial charge in [-0.25, -0.2) is 0 Å². The molecule has 0 bridgehead atoms. The van der Waals surface area contributed by atoms with Gasteiger partial charge in [-0.1, -0.05) is 12.1 Å². The molecule has 1 amide bonds. The topological polar surface area (TPSA) is 111 Å². The number of carbonyl (C=O) groups excluding carboxylic acids is 1. The Morgan fingerprint density at radius 3 is 2.33 bits per heavy atom. The van der Waals surface area contributed by atoms with Crippen molar-refractivity contribution in [2.75, 3.05) is 13.1 Å². The molecule has 0 unspecified atom stereocenters. The zero-order chi connectivity index (χ0) is 13.5. The summed E-state index contributed by atoms with van der Waals surface area (Å²) in [5.74, 6) is -0.703. The predicted octanol–water partition coefficient (Wildman–Crippen LogP) is 1.08. The molecule has 0 aliphatic heterocycles. The first kappa shape index (κ1) is 13.1. The van der Waals surface area contributed by atoms with Gasteiger partial charge in [0.1, 0.15) is 18.7 Å². The zero-order valence-electron chi connectivity index (χ0n) is 9.24. The minimum absolute atomic E-state index is 0.131. The number of nitriles is 2. The predicted molar refractivity (Wildman–Crippen MR) is 60.2 cm³/mol. The van der Waals surface area contributed by atoms with Crippen LogP contribution in [0.25, 0.3) is 0 Å². The molecule has 0 atom stereocenters. The number of nitro benzene ring substituents is 1. The monoisotopic (exact) mass is 244 g/mol. The van der Waals surface area contributed by atoms with Crippen molar-refractivity contribution in [2.45, 2.75) is 0 Å². The minimum atomic E-state index is -0.703. The molecule has 0 aromatic heterocycles. The van der Waals surface area contributed by atoms with Gasteiger partial charge in [-0.15, -0.1) is 0 Å². The van der Waals surface area contributed by atoms with Crippen LogP contribution in [0.3, 0.4) is 0 Å². The van der Waals surface area contributed by atoms with Crippen LogP contribution >= 0.6 is 0 Å². The van der Waals surface area contributed by atoms with Crippen LogP contribution in [0.4, 0.5) is 5.69 Å². The van der Waals surface area contributed by atoms with Crippen molar-refractivity contribution in [3.63, 3.8) is 0 Å². The second kappa shape index (κ2) is 5.97. The number of para-hydroxylation sites is 1. The van der Waals surface area contributed by atoms with Crippen LogP contribution < -0.4 is 0 Å². The highest BCUT2D eigenvalue weighted by Crippen LogP contribution is 2.19. The van der Waals surface area contributed by atoms with Crippen molar-refractivity contribution in [1.82, 2.24) is 4.90 Å². The summed E-state index contributed by atoms with van der Waals surface area (Å²) in [7, 11) is 0. The number of amides is 1. The van der Waals surface area contributed by atoms with Crippen LogP contribution in [0.15, 0.2) is 24.3 Å². The van der Waals surface area contributed by atoms with Gasteiger partial charge in [-0.3, -0.25) is 14.9 Å². The summed E-state index contributed by atoms with van der Waals surface area (Å²) >= 11 is 0. The number of benzene rings is 1. The molecule has 7 heteroatoms. The lowest BCUT2D eigenvalue weighted by molar-refractivity contribution is -0.385. The quantitative estimate of drug-likeness (QED) is 0.447. The van der Waals surface area contributed by atoms with E-state index in [2.05, 4.69) is 0 Å². The maximum absolute atomic E-state index is 12.0. The van der Waals surface area contributed by atoms with Gasteiger partial charge in [0.25, 0.3) is 11.6 Å². The number of nitrogens with zero attached hydrogens (tertiary/aromatic N) is 4. The Bertz CT molecular complexity index is 540. The molecule has 0 fully saturated rings. The van der Waals surface area contributed by atoms with Crippen LogP contribution in [-0.4, -0.2) is 28.8 Å². The maximum Gasteiger partial charge on any atom is 0.282 e. The Hall–Kier alpha value is -2.93. The summed E-state index contributed by atoms with van der Waals surface area (Å²) in [5, 5.41) is 27.9. The number of carbonyl (C=O) groups is 1. The first-order valence-electron chi connectivity index (χ1n) is 4.88. The average molecular weight is 244 g/mol. The number of rotatable bonds is 4. The highest BCUT2D eigenvalue weighted by atomic mass is 16.6. The largest absolute Gasteiger partial charge is 0.312 e. The smallest absolute Gasteiger partial charge is 0.282 e. The number of hydrogen-bond acceptors (Lipinski definition) is 5. The fraction of sp³-hybridized carbons (Fsp3) is 0.182. The summed E-state index contributed by atoms with van der Waals surface area (Å²) in [6, 6.07) is 8.89. The Kier molecular flexibility index (Phi) is 4.35. The standard InChI is InChI=1S/C11H8N4O3/c12-5-7-14(8-6-13)11(16)9-3-1-2-4-10(9)15(17)18/h1-4H,7-8H2. The maximum atomic E-state index is 12.0. The third-order valence-electron chi connectivity index (χ3n) is 2.14. The average Bonchev–Trinajstić information content (AvgIpc) is 2.37. The van der Waals surface area contributed by atoms with Crippen LogP contribution in [0.5, 0.6) is 0 Å². The normalized spacial score (nSPS) is 9.00. The van der Waals surface area contributed by atoms with E-state index in [1.807, 2.05) is 0 Å². The molecule has 1 aromatic carbocycles. The van der Waals surface area contributed by atoms with Gasteiger partial charge in [0.2, 0.25) is 0 Å². The number of nitro groups is 1. The molecule has 0 N–H and O–H groups in total. The van der Waals surface area contributed by atoms with Crippen LogP contribution in [0.2, 0.25) is 0 Å². The van der Waals surface area contributed by atoms with Crippen molar-refractivity contribution < 1.29 is 9.72 Å². The van der Waals surface area contributed by atoms with Crippen molar-refractivity contribution in [3.8, 4) is 12.1 Å². The number of hydrogen-bond donors (Lipinski definition) is 0. The zero-order valence-corrected chi connectivity index (χ0v) is 9.24. The van der Waals surface area contributed by atoms with E-state index in [4.69, 9.17) is 10.5 Å². The van der Waals surface area contributed by atoms with Crippen LogP contribution in [0, 0.1) is 32.8 Å². The van der Waals surface area contributed by atoms with Gasteiger partial charge in [0, 0.05) is 6.07 Å². The molecule has 0 saturated heterocycles. The Balaban J connectivity index is 3.14. The summed E-state index contributed by atoms with van der Waals surface area (Å²) in [4.78, 5) is 23.0. The van der Waals surface area contributed by atoms with E-state index < -0.39 is 10.8 Å².